The highest BCUT2D eigenvalue weighted by atomic mass is 16.8. The van der Waals surface area contributed by atoms with Gasteiger partial charge in [0.2, 0.25) is 0 Å². The molecule has 0 bridgehead atoms. The third kappa shape index (κ3) is 61.1. The molecule has 2 atom stereocenters. The molecule has 0 spiro atoms. The van der Waals surface area contributed by atoms with Crippen molar-refractivity contribution < 1.29 is 33.2 Å². The van der Waals surface area contributed by atoms with E-state index in [2.05, 4.69) is 65.8 Å². The summed E-state index contributed by atoms with van der Waals surface area (Å²) >= 11 is 0. The molecule has 0 amide bonds. The van der Waals surface area contributed by atoms with Gasteiger partial charge in [-0.1, -0.05) is 285 Å². The van der Waals surface area contributed by atoms with E-state index in [4.69, 9.17) is 33.2 Å². The maximum atomic E-state index is 6.47. The lowest BCUT2D eigenvalue weighted by atomic mass is 10.1. The van der Waals surface area contributed by atoms with Crippen LogP contribution < -0.4 is 0 Å². The lowest BCUT2D eigenvalue weighted by Gasteiger charge is -2.21. The molecule has 0 aliphatic rings. The molecule has 460 valence electrons. The molecule has 2 unspecified atom stereocenters. The van der Waals surface area contributed by atoms with Crippen LogP contribution in [0.5, 0.6) is 0 Å². The van der Waals surface area contributed by atoms with Crippen LogP contribution in [0, 0.1) is 0 Å². The third-order valence-corrected chi connectivity index (χ3v) is 15.2. The zero-order valence-corrected chi connectivity index (χ0v) is 53.1. The zero-order valence-electron chi connectivity index (χ0n) is 53.1. The predicted octanol–water partition coefficient (Wildman–Crippen LogP) is 23.1. The topological polar surface area (TPSA) is 64.6 Å². The lowest BCUT2D eigenvalue weighted by Crippen LogP contribution is -2.25. The van der Waals surface area contributed by atoms with Gasteiger partial charge in [-0.25, -0.2) is 0 Å². The van der Waals surface area contributed by atoms with Crippen molar-refractivity contribution in [2.45, 2.75) is 388 Å². The minimum Gasteiger partial charge on any atom is -0.353 e. The number of unbranched alkanes of at least 4 members (excludes halogenated alkanes) is 40. The van der Waals surface area contributed by atoms with E-state index in [9.17, 15) is 0 Å². The molecule has 0 N–H and O–H groups in total. The summed E-state index contributed by atoms with van der Waals surface area (Å²) in [5, 5.41) is 0. The van der Waals surface area contributed by atoms with E-state index in [0.717, 1.165) is 77.8 Å². The fourth-order valence-electron chi connectivity index (χ4n) is 9.95. The molecule has 0 aliphatic heterocycles. The Morgan fingerprint density at radius 2 is 0.442 bits per heavy atom. The smallest absolute Gasteiger partial charge is 0.180 e. The van der Waals surface area contributed by atoms with Gasteiger partial charge in [0, 0.05) is 26.4 Å². The van der Waals surface area contributed by atoms with Crippen molar-refractivity contribution in [2.75, 3.05) is 39.6 Å². The summed E-state index contributed by atoms with van der Waals surface area (Å²) in [6, 6.07) is 0. The monoisotopic (exact) mass is 1090 g/mol. The highest BCUT2D eigenvalue weighted by molar-refractivity contribution is 4.90. The summed E-state index contributed by atoms with van der Waals surface area (Å²) in [7, 11) is 0. The van der Waals surface area contributed by atoms with Gasteiger partial charge in [-0.3, -0.25) is 0 Å². The van der Waals surface area contributed by atoms with Crippen molar-refractivity contribution >= 4 is 0 Å². The second-order valence-electron chi connectivity index (χ2n) is 23.1. The van der Waals surface area contributed by atoms with Crippen LogP contribution in [0.1, 0.15) is 363 Å². The molecule has 0 saturated heterocycles. The Labute approximate surface area is 482 Å². The van der Waals surface area contributed by atoms with E-state index in [1.54, 1.807) is 0 Å². The Morgan fingerprint density at radius 1 is 0.221 bits per heavy atom. The molecule has 7 heteroatoms. The molecule has 0 radical (unpaired) electrons. The fourth-order valence-corrected chi connectivity index (χ4v) is 9.95. The third-order valence-electron chi connectivity index (χ3n) is 15.2. The van der Waals surface area contributed by atoms with Gasteiger partial charge in [0.25, 0.3) is 0 Å². The summed E-state index contributed by atoms with van der Waals surface area (Å²) in [5.74, 6) is 0. The molecule has 0 heterocycles. The highest BCUT2D eigenvalue weighted by Crippen LogP contribution is 2.19. The molecule has 0 fully saturated rings. The van der Waals surface area contributed by atoms with E-state index in [-0.39, 0.29) is 25.2 Å². The summed E-state index contributed by atoms with van der Waals surface area (Å²) in [5.41, 5.74) is 0. The fraction of sp³-hybridized carbons (Fsp3) is 0.943. The van der Waals surface area contributed by atoms with E-state index < -0.39 is 0 Å². The zero-order chi connectivity index (χ0) is 55.7. The second kappa shape index (κ2) is 67.7. The van der Waals surface area contributed by atoms with Crippen molar-refractivity contribution in [2.24, 2.45) is 0 Å². The first-order valence-corrected chi connectivity index (χ1v) is 34.8. The van der Waals surface area contributed by atoms with Crippen molar-refractivity contribution in [1.29, 1.82) is 0 Å². The molecule has 77 heavy (non-hydrogen) atoms. The molecule has 0 rings (SSSR count). The normalized spacial score (nSPS) is 13.0. The molecule has 0 aromatic rings. The number of ether oxygens (including phenoxy) is 7. The van der Waals surface area contributed by atoms with Gasteiger partial charge >= 0.3 is 0 Å². The minimum absolute atomic E-state index is 0.00477. The van der Waals surface area contributed by atoms with Crippen LogP contribution in [-0.2, 0) is 33.2 Å². The molecule has 0 saturated carbocycles. The van der Waals surface area contributed by atoms with Crippen LogP contribution in [0.4, 0.5) is 0 Å². The van der Waals surface area contributed by atoms with Crippen LogP contribution in [0.2, 0.25) is 0 Å². The maximum Gasteiger partial charge on any atom is 0.180 e. The van der Waals surface area contributed by atoms with Gasteiger partial charge in [0.15, 0.2) is 25.2 Å². The van der Waals surface area contributed by atoms with E-state index in [1.807, 2.05) is 0 Å². The minimum atomic E-state index is -0.375. The van der Waals surface area contributed by atoms with Gasteiger partial charge in [-0.05, 0) is 102 Å². The first-order valence-electron chi connectivity index (χ1n) is 34.8. The Balaban J connectivity index is 4.47. The summed E-state index contributed by atoms with van der Waals surface area (Å²) in [6.07, 6.45) is 71.4. The van der Waals surface area contributed by atoms with Crippen molar-refractivity contribution in [3.63, 3.8) is 0 Å². The van der Waals surface area contributed by atoms with E-state index >= 15 is 0 Å². The van der Waals surface area contributed by atoms with Crippen molar-refractivity contribution in [3.8, 4) is 0 Å². The first-order chi connectivity index (χ1) is 38.1. The number of hydrogen-bond donors (Lipinski definition) is 0. The van der Waals surface area contributed by atoms with Crippen LogP contribution in [0.15, 0.2) is 24.3 Å². The second-order valence-corrected chi connectivity index (χ2v) is 23.1. The average Bonchev–Trinajstić information content (AvgIpc) is 3.43. The summed E-state index contributed by atoms with van der Waals surface area (Å²) in [4.78, 5) is 0. The van der Waals surface area contributed by atoms with E-state index in [1.165, 1.54) is 270 Å². The van der Waals surface area contributed by atoms with Crippen LogP contribution >= 0.6 is 0 Å². The van der Waals surface area contributed by atoms with Crippen LogP contribution in [-0.4, -0.2) is 64.8 Å². The largest absolute Gasteiger partial charge is 0.353 e. The van der Waals surface area contributed by atoms with Crippen molar-refractivity contribution in [1.82, 2.24) is 0 Å². The van der Waals surface area contributed by atoms with Gasteiger partial charge < -0.3 is 33.2 Å². The SMILES string of the molecule is CCCCCCCCOC(CCCCCCCCCCCC=CC(OCCCC)OC(C=CCCCCCCCCCCCC(OCCCCCCCC)OCCCCCCCC)OCCCC)OCCCCCCCC. The molecule has 0 aliphatic carbocycles. The van der Waals surface area contributed by atoms with Crippen LogP contribution in [0.25, 0.3) is 0 Å². The average molecular weight is 1090 g/mol. The number of rotatable bonds is 68. The molecular weight excluding hydrogens is 953 g/mol. The summed E-state index contributed by atoms with van der Waals surface area (Å²) < 4.78 is 44.1. The van der Waals surface area contributed by atoms with Gasteiger partial charge in [0.05, 0.1) is 13.2 Å². The molecular formula is C70H138O7. The Kier molecular flexibility index (Phi) is 67.0. The number of hydrogen-bond acceptors (Lipinski definition) is 7. The van der Waals surface area contributed by atoms with Crippen molar-refractivity contribution in [3.05, 3.63) is 24.3 Å². The Hall–Kier alpha value is -0.800. The van der Waals surface area contributed by atoms with Gasteiger partial charge in [0.1, 0.15) is 0 Å². The lowest BCUT2D eigenvalue weighted by molar-refractivity contribution is -0.208. The number of allylic oxidation sites excluding steroid dienone is 2. The maximum absolute atomic E-state index is 6.47. The molecule has 0 aromatic heterocycles. The predicted molar refractivity (Wildman–Crippen MR) is 335 cm³/mol. The Morgan fingerprint density at radius 3 is 0.714 bits per heavy atom. The Bertz CT molecular complexity index is 995. The molecule has 7 nitrogen and oxygen atoms in total. The van der Waals surface area contributed by atoms with Crippen LogP contribution in [0.3, 0.4) is 0 Å². The highest BCUT2D eigenvalue weighted by Gasteiger charge is 2.14. The van der Waals surface area contributed by atoms with Gasteiger partial charge in [-0.2, -0.15) is 0 Å². The molecule has 0 aromatic carbocycles. The first kappa shape index (κ1) is 76.2. The summed E-state index contributed by atoms with van der Waals surface area (Å²) in [6.45, 7) is 18.4. The van der Waals surface area contributed by atoms with E-state index in [0.29, 0.717) is 13.2 Å². The quantitative estimate of drug-likeness (QED) is 0.0342. The standard InChI is InChI=1S/C70H138O7/c1-7-13-19-23-45-53-63-71-67(72-64-54-46-24-20-14-8-2)57-49-41-37-33-29-27-31-35-39-43-51-59-69(75-61-17-11-5)77-70(76-62-18-12-6)60-52-44-40-36-32-28-30-34-38-42-50-58-68(73-65-55-47-25-21-15-9-3)74-66-56-48-26-22-16-10-4/h51-52,59-60,67-70H,7-50,53-58,61-66H2,1-6H3. The van der Waals surface area contributed by atoms with Gasteiger partial charge in [-0.15, -0.1) is 0 Å².